The second kappa shape index (κ2) is 15.1. The Morgan fingerprint density at radius 3 is 2.35 bits per heavy atom. The molecule has 48 heavy (non-hydrogen) atoms. The molecule has 3 fully saturated rings. The zero-order valence-electron chi connectivity index (χ0n) is 27.9. The van der Waals surface area contributed by atoms with E-state index >= 15 is 0 Å². The number of ether oxygens (including phenoxy) is 1. The van der Waals surface area contributed by atoms with E-state index in [4.69, 9.17) is 22.1 Å². The summed E-state index contributed by atoms with van der Waals surface area (Å²) in [6.07, 6.45) is 2.70. The highest BCUT2D eigenvalue weighted by Gasteiger charge is 2.35. The van der Waals surface area contributed by atoms with E-state index in [0.29, 0.717) is 61.6 Å². The molecule has 3 saturated heterocycles. The minimum Gasteiger partial charge on any atom is -0.436 e. The van der Waals surface area contributed by atoms with Crippen molar-refractivity contribution in [2.24, 2.45) is 0 Å². The van der Waals surface area contributed by atoms with Gasteiger partial charge in [-0.3, -0.25) is 14.7 Å². The molecule has 3 aliphatic rings. The largest absolute Gasteiger partial charge is 0.436 e. The summed E-state index contributed by atoms with van der Waals surface area (Å²) in [5.41, 5.74) is 8.74. The number of H-pyrrole nitrogens is 1. The fourth-order valence-corrected chi connectivity index (χ4v) is 7.51. The van der Waals surface area contributed by atoms with E-state index in [1.54, 1.807) is 11.0 Å². The normalized spacial score (nSPS) is 19.6. The van der Waals surface area contributed by atoms with E-state index in [-0.39, 0.29) is 24.1 Å². The van der Waals surface area contributed by atoms with Crippen LogP contribution in [0.5, 0.6) is 0 Å². The Bertz CT molecular complexity index is 1610. The van der Waals surface area contributed by atoms with Gasteiger partial charge in [0.1, 0.15) is 0 Å². The number of nitrogens with two attached hydrogens (primary N) is 1. The van der Waals surface area contributed by atoms with Gasteiger partial charge in [0, 0.05) is 57.3 Å². The Labute approximate surface area is 286 Å². The number of carbonyl (C=O) groups excluding carboxylic acids is 2. The zero-order chi connectivity index (χ0) is 33.8. The number of nitrogens with one attached hydrogen (secondary N) is 1. The van der Waals surface area contributed by atoms with Crippen LogP contribution in [0.25, 0.3) is 11.4 Å². The lowest BCUT2D eigenvalue weighted by molar-refractivity contribution is -0.142. The number of likely N-dealkylation sites (tertiary alicyclic amines) is 2. The molecule has 1 aromatic heterocycles. The molecule has 258 valence electrons. The van der Waals surface area contributed by atoms with Crippen LogP contribution in [-0.2, 0) is 16.0 Å². The molecule has 4 heterocycles. The molecule has 0 saturated carbocycles. The number of halogens is 1. The minimum absolute atomic E-state index is 0.154. The van der Waals surface area contributed by atoms with Crippen molar-refractivity contribution in [3.05, 3.63) is 69.1 Å². The first-order valence-corrected chi connectivity index (χ1v) is 17.5. The first kappa shape index (κ1) is 34.0. The highest BCUT2D eigenvalue weighted by atomic mass is 35.5. The lowest BCUT2D eigenvalue weighted by Crippen LogP contribution is -2.51. The average Bonchev–Trinajstić information content (AvgIpc) is 3.36. The SMILES string of the molecule is Cc1cc(C[C@@H](OC(=O)N2CCC(n3nc(-c4ccccc4)[nH]c3=O)CC2)C(=O)N2CCC(N3CCCN(C)CC3)CC2)cc(Cl)c1N. The molecule has 1 atom stereocenters. The smallest absolute Gasteiger partial charge is 0.410 e. The Morgan fingerprint density at radius 1 is 0.958 bits per heavy atom. The molecule has 0 radical (unpaired) electrons. The number of likely N-dealkylation sites (N-methyl/N-ethyl adjacent to an activating group) is 1. The molecule has 0 aliphatic carbocycles. The van der Waals surface area contributed by atoms with Gasteiger partial charge in [0.2, 0.25) is 0 Å². The van der Waals surface area contributed by atoms with Crippen molar-refractivity contribution < 1.29 is 14.3 Å². The molecular formula is C35H47ClN8O4. The number of hydrogen-bond donors (Lipinski definition) is 2. The lowest BCUT2D eigenvalue weighted by atomic mass is 10.00. The molecule has 2 amide bonds. The van der Waals surface area contributed by atoms with E-state index in [0.717, 1.165) is 62.1 Å². The van der Waals surface area contributed by atoms with Gasteiger partial charge in [-0.2, -0.15) is 0 Å². The number of amides is 2. The highest BCUT2D eigenvalue weighted by Crippen LogP contribution is 2.28. The molecular weight excluding hydrogens is 632 g/mol. The minimum atomic E-state index is -1.000. The highest BCUT2D eigenvalue weighted by molar-refractivity contribution is 6.33. The number of aromatic nitrogens is 3. The molecule has 0 bridgehead atoms. The second-order valence-corrected chi connectivity index (χ2v) is 13.8. The predicted molar refractivity (Wildman–Crippen MR) is 186 cm³/mol. The molecule has 2 aromatic carbocycles. The lowest BCUT2D eigenvalue weighted by Gasteiger charge is -2.39. The maximum Gasteiger partial charge on any atom is 0.410 e. The fourth-order valence-electron chi connectivity index (χ4n) is 7.22. The molecule has 6 rings (SSSR count). The van der Waals surface area contributed by atoms with E-state index in [2.05, 4.69) is 26.9 Å². The number of carbonyl (C=O) groups is 2. The Hall–Kier alpha value is -3.87. The quantitative estimate of drug-likeness (QED) is 0.361. The maximum absolute atomic E-state index is 14.0. The number of nitrogen functional groups attached to an aromatic ring is 1. The van der Waals surface area contributed by atoms with Crippen LogP contribution in [0, 0.1) is 6.92 Å². The third kappa shape index (κ3) is 7.88. The van der Waals surface area contributed by atoms with Gasteiger partial charge in [-0.1, -0.05) is 48.0 Å². The number of rotatable bonds is 7. The van der Waals surface area contributed by atoms with Gasteiger partial charge in [-0.15, -0.1) is 5.10 Å². The molecule has 3 aromatic rings. The van der Waals surface area contributed by atoms with E-state index < -0.39 is 12.2 Å². The standard InChI is InChI=1S/C35H47ClN8O4/c1-24-21-25(22-29(36)31(24)37)23-30(33(45)42-15-9-27(10-16-42)41-14-6-13-40(2)19-20-41)48-35(47)43-17-11-28(12-18-43)44-34(46)38-32(39-44)26-7-4-3-5-8-26/h3-5,7-8,21-22,27-28,30H,6,9-20,23,37H2,1-2H3,(H,38,39,46)/t30-/m1/s1. The van der Waals surface area contributed by atoms with Crippen molar-refractivity contribution in [2.45, 2.75) is 63.6 Å². The third-order valence-electron chi connectivity index (χ3n) is 10.1. The van der Waals surface area contributed by atoms with Crippen molar-refractivity contribution in [2.75, 3.05) is 65.1 Å². The molecule has 0 spiro atoms. The van der Waals surface area contributed by atoms with Gasteiger partial charge in [0.05, 0.1) is 16.8 Å². The molecule has 12 nitrogen and oxygen atoms in total. The second-order valence-electron chi connectivity index (χ2n) is 13.4. The summed E-state index contributed by atoms with van der Waals surface area (Å²) in [6, 6.07) is 13.4. The first-order chi connectivity index (χ1) is 23.2. The van der Waals surface area contributed by atoms with Crippen LogP contribution in [0.2, 0.25) is 5.02 Å². The van der Waals surface area contributed by atoms with Gasteiger partial charge in [-0.05, 0) is 76.4 Å². The van der Waals surface area contributed by atoms with Crippen molar-refractivity contribution in [3.63, 3.8) is 0 Å². The average molecular weight is 679 g/mol. The van der Waals surface area contributed by atoms with Crippen molar-refractivity contribution in [1.82, 2.24) is 34.4 Å². The number of hydrogen-bond acceptors (Lipinski definition) is 8. The number of aromatic amines is 1. The molecule has 13 heteroatoms. The summed E-state index contributed by atoms with van der Waals surface area (Å²) >= 11 is 6.40. The number of aryl methyl sites for hydroxylation is 1. The van der Waals surface area contributed by atoms with Crippen molar-refractivity contribution in [1.29, 1.82) is 0 Å². The molecule has 0 unspecified atom stereocenters. The number of nitrogens with zero attached hydrogens (tertiary/aromatic N) is 6. The van der Waals surface area contributed by atoms with Gasteiger partial charge < -0.3 is 25.2 Å². The monoisotopic (exact) mass is 678 g/mol. The Balaban J connectivity index is 1.10. The van der Waals surface area contributed by atoms with Crippen LogP contribution >= 0.6 is 11.6 Å². The van der Waals surface area contributed by atoms with Crippen molar-refractivity contribution >= 4 is 29.3 Å². The topological polar surface area (TPSA) is 133 Å². The summed E-state index contributed by atoms with van der Waals surface area (Å²) < 4.78 is 7.52. The number of piperidine rings is 2. The van der Waals surface area contributed by atoms with E-state index in [9.17, 15) is 14.4 Å². The first-order valence-electron chi connectivity index (χ1n) is 17.1. The van der Waals surface area contributed by atoms with E-state index in [1.807, 2.05) is 48.2 Å². The van der Waals surface area contributed by atoms with Crippen LogP contribution in [0.1, 0.15) is 49.3 Å². The van der Waals surface area contributed by atoms with E-state index in [1.165, 1.54) is 4.68 Å². The van der Waals surface area contributed by atoms with Gasteiger partial charge in [-0.25, -0.2) is 14.3 Å². The maximum atomic E-state index is 14.0. The zero-order valence-corrected chi connectivity index (χ0v) is 28.7. The third-order valence-corrected chi connectivity index (χ3v) is 10.5. The Kier molecular flexibility index (Phi) is 10.7. The molecule has 3 N–H and O–H groups in total. The van der Waals surface area contributed by atoms with Crippen LogP contribution in [0.15, 0.2) is 47.3 Å². The summed E-state index contributed by atoms with van der Waals surface area (Å²) in [5, 5.41) is 4.96. The van der Waals surface area contributed by atoms with Crippen LogP contribution in [0.4, 0.5) is 10.5 Å². The van der Waals surface area contributed by atoms with Crippen LogP contribution in [0.3, 0.4) is 0 Å². The fraction of sp³-hybridized carbons (Fsp3) is 0.543. The number of benzene rings is 2. The number of anilines is 1. The van der Waals surface area contributed by atoms with Crippen molar-refractivity contribution in [3.8, 4) is 11.4 Å². The van der Waals surface area contributed by atoms with Crippen LogP contribution in [-0.4, -0.2) is 118 Å². The Morgan fingerprint density at radius 2 is 1.65 bits per heavy atom. The van der Waals surface area contributed by atoms with Gasteiger partial charge in [0.15, 0.2) is 11.9 Å². The molecule has 3 aliphatic heterocycles. The predicted octanol–water partition coefficient (Wildman–Crippen LogP) is 3.80. The summed E-state index contributed by atoms with van der Waals surface area (Å²) in [6.45, 7) is 8.19. The summed E-state index contributed by atoms with van der Waals surface area (Å²) in [7, 11) is 2.17. The summed E-state index contributed by atoms with van der Waals surface area (Å²) in [4.78, 5) is 51.6. The van der Waals surface area contributed by atoms with Gasteiger partial charge in [0.25, 0.3) is 5.91 Å². The van der Waals surface area contributed by atoms with Crippen LogP contribution < -0.4 is 11.4 Å². The van der Waals surface area contributed by atoms with Gasteiger partial charge >= 0.3 is 11.8 Å². The summed E-state index contributed by atoms with van der Waals surface area (Å²) in [5.74, 6) is 0.333.